The Balaban J connectivity index is 2.43. The molecule has 2 rings (SSSR count). The Bertz CT molecular complexity index is 684. The Hall–Kier alpha value is -2.30. The predicted octanol–water partition coefficient (Wildman–Crippen LogP) is 3.80. The summed E-state index contributed by atoms with van der Waals surface area (Å²) in [7, 11) is 1.69. The third-order valence-electron chi connectivity index (χ3n) is 4.98. The minimum absolute atomic E-state index is 0.00749. The molecule has 1 aromatic rings. The average molecular weight is 373 g/mol. The van der Waals surface area contributed by atoms with Gasteiger partial charge in [-0.1, -0.05) is 45.1 Å². The molecule has 1 aliphatic rings. The number of likely N-dealkylation sites (N-methyl/N-ethyl adjacent to an activating group) is 1. The smallest absolute Gasteiger partial charge is 0.258 e. The Labute approximate surface area is 162 Å². The van der Waals surface area contributed by atoms with Gasteiger partial charge in [0, 0.05) is 19.5 Å². The molecule has 2 amide bonds. The molecule has 3 atom stereocenters. The third-order valence-corrected chi connectivity index (χ3v) is 4.98. The minimum atomic E-state index is -0.538. The molecular weight excluding hydrogens is 340 g/mol. The molecule has 0 unspecified atom stereocenters. The van der Waals surface area contributed by atoms with Crippen LogP contribution in [0.15, 0.2) is 36.4 Å². The second kappa shape index (κ2) is 9.58. The van der Waals surface area contributed by atoms with Crippen LogP contribution < -0.4 is 10.1 Å². The summed E-state index contributed by atoms with van der Waals surface area (Å²) in [6, 6.07) is 6.77. The van der Waals surface area contributed by atoms with E-state index in [0.29, 0.717) is 11.3 Å². The van der Waals surface area contributed by atoms with Gasteiger partial charge in [0.2, 0.25) is 5.91 Å². The number of para-hydroxylation sites is 1. The van der Waals surface area contributed by atoms with Crippen molar-refractivity contribution in [2.24, 2.45) is 5.92 Å². The number of nitrogens with zero attached hydrogens (tertiary/aromatic N) is 1. The SMILES string of the molecule is CC[C@@H]1C/C=C\C[C@H](C)Oc2ccccc2C(=O)N(C)[C@H](C(C)C)C(=O)N1. The van der Waals surface area contributed by atoms with E-state index < -0.39 is 6.04 Å². The van der Waals surface area contributed by atoms with Gasteiger partial charge >= 0.3 is 0 Å². The number of fused-ring (bicyclic) bond motifs is 1. The van der Waals surface area contributed by atoms with Crippen LogP contribution in [0.3, 0.4) is 0 Å². The van der Waals surface area contributed by atoms with E-state index in [1.54, 1.807) is 18.0 Å². The van der Waals surface area contributed by atoms with E-state index in [9.17, 15) is 9.59 Å². The summed E-state index contributed by atoms with van der Waals surface area (Å²) in [6.07, 6.45) is 6.50. The van der Waals surface area contributed by atoms with Crippen LogP contribution in [0.2, 0.25) is 0 Å². The van der Waals surface area contributed by atoms with Crippen LogP contribution in [-0.2, 0) is 4.79 Å². The Morgan fingerprint density at radius 1 is 1.19 bits per heavy atom. The molecule has 0 saturated carbocycles. The van der Waals surface area contributed by atoms with Crippen LogP contribution in [0.4, 0.5) is 0 Å². The second-order valence-corrected chi connectivity index (χ2v) is 7.59. The summed E-state index contributed by atoms with van der Waals surface area (Å²) in [4.78, 5) is 27.7. The van der Waals surface area contributed by atoms with Crippen LogP contribution in [0.25, 0.3) is 0 Å². The molecule has 148 valence electrons. The zero-order chi connectivity index (χ0) is 20.0. The summed E-state index contributed by atoms with van der Waals surface area (Å²) in [6.45, 7) is 7.98. The third kappa shape index (κ3) is 5.34. The minimum Gasteiger partial charge on any atom is -0.490 e. The first kappa shape index (κ1) is 21.0. The fourth-order valence-electron chi connectivity index (χ4n) is 3.42. The van der Waals surface area contributed by atoms with Gasteiger partial charge in [-0.25, -0.2) is 0 Å². The Morgan fingerprint density at radius 3 is 2.52 bits per heavy atom. The number of carbonyl (C=O) groups is 2. The monoisotopic (exact) mass is 372 g/mol. The maximum Gasteiger partial charge on any atom is 0.258 e. The van der Waals surface area contributed by atoms with E-state index in [1.165, 1.54) is 0 Å². The van der Waals surface area contributed by atoms with Crippen molar-refractivity contribution >= 4 is 11.8 Å². The number of nitrogens with one attached hydrogen (secondary N) is 1. The lowest BCUT2D eigenvalue weighted by molar-refractivity contribution is -0.127. The highest BCUT2D eigenvalue weighted by molar-refractivity contribution is 5.99. The second-order valence-electron chi connectivity index (χ2n) is 7.59. The molecule has 0 saturated heterocycles. The van der Waals surface area contributed by atoms with Gasteiger partial charge in [0.15, 0.2) is 0 Å². The fraction of sp³-hybridized carbons (Fsp3) is 0.545. The molecule has 27 heavy (non-hydrogen) atoms. The quantitative estimate of drug-likeness (QED) is 0.804. The van der Waals surface area contributed by atoms with Gasteiger partial charge in [0.1, 0.15) is 11.8 Å². The van der Waals surface area contributed by atoms with E-state index >= 15 is 0 Å². The molecule has 0 aromatic heterocycles. The predicted molar refractivity (Wildman–Crippen MR) is 108 cm³/mol. The molecule has 1 aromatic carbocycles. The zero-order valence-corrected chi connectivity index (χ0v) is 17.1. The maximum absolute atomic E-state index is 13.2. The van der Waals surface area contributed by atoms with Gasteiger partial charge in [0.05, 0.1) is 11.7 Å². The van der Waals surface area contributed by atoms with E-state index in [4.69, 9.17) is 4.74 Å². The largest absolute Gasteiger partial charge is 0.490 e. The number of rotatable bonds is 2. The van der Waals surface area contributed by atoms with Crippen molar-refractivity contribution in [3.05, 3.63) is 42.0 Å². The lowest BCUT2D eigenvalue weighted by Crippen LogP contribution is -2.52. The lowest BCUT2D eigenvalue weighted by atomic mass is 9.99. The van der Waals surface area contributed by atoms with Gasteiger partial charge < -0.3 is 15.0 Å². The summed E-state index contributed by atoms with van der Waals surface area (Å²) in [5, 5.41) is 3.12. The van der Waals surface area contributed by atoms with Gasteiger partial charge in [-0.15, -0.1) is 0 Å². The topological polar surface area (TPSA) is 58.6 Å². The summed E-state index contributed by atoms with van der Waals surface area (Å²) in [5.41, 5.74) is 0.485. The molecule has 5 nitrogen and oxygen atoms in total. The average Bonchev–Trinajstić information content (AvgIpc) is 2.63. The molecule has 0 radical (unpaired) electrons. The molecule has 1 heterocycles. The first-order chi connectivity index (χ1) is 12.8. The van der Waals surface area contributed by atoms with Crippen molar-refractivity contribution in [2.75, 3.05) is 7.05 Å². The van der Waals surface area contributed by atoms with E-state index in [0.717, 1.165) is 19.3 Å². The van der Waals surface area contributed by atoms with Gasteiger partial charge in [-0.05, 0) is 37.8 Å². The highest BCUT2D eigenvalue weighted by atomic mass is 16.5. The van der Waals surface area contributed by atoms with Crippen molar-refractivity contribution in [2.45, 2.75) is 65.1 Å². The number of carbonyl (C=O) groups excluding carboxylic acids is 2. The first-order valence-corrected chi connectivity index (χ1v) is 9.83. The van der Waals surface area contributed by atoms with Crippen molar-refractivity contribution < 1.29 is 14.3 Å². The number of hydrogen-bond acceptors (Lipinski definition) is 3. The number of hydrogen-bond donors (Lipinski definition) is 1. The van der Waals surface area contributed by atoms with Crippen LogP contribution in [0, 0.1) is 5.92 Å². The van der Waals surface area contributed by atoms with Crippen molar-refractivity contribution in [3.8, 4) is 5.75 Å². The molecular formula is C22H32N2O3. The number of ether oxygens (including phenoxy) is 1. The number of amides is 2. The molecule has 5 heteroatoms. The highest BCUT2D eigenvalue weighted by Gasteiger charge is 2.32. The van der Waals surface area contributed by atoms with Crippen LogP contribution in [0.1, 0.15) is 57.3 Å². The first-order valence-electron chi connectivity index (χ1n) is 9.83. The summed E-state index contributed by atoms with van der Waals surface area (Å²) >= 11 is 0. The molecule has 0 fully saturated rings. The fourth-order valence-corrected chi connectivity index (χ4v) is 3.42. The Kier molecular flexibility index (Phi) is 7.45. The van der Waals surface area contributed by atoms with Crippen molar-refractivity contribution in [1.82, 2.24) is 10.2 Å². The highest BCUT2D eigenvalue weighted by Crippen LogP contribution is 2.24. The zero-order valence-electron chi connectivity index (χ0n) is 17.1. The lowest BCUT2D eigenvalue weighted by Gasteiger charge is -2.32. The maximum atomic E-state index is 13.2. The number of benzene rings is 1. The molecule has 1 aliphatic heterocycles. The summed E-state index contributed by atoms with van der Waals surface area (Å²) < 4.78 is 6.04. The van der Waals surface area contributed by atoms with Crippen LogP contribution in [-0.4, -0.2) is 41.9 Å². The standard InChI is InChI=1S/C22H32N2O3/c1-6-17-12-8-7-11-16(4)27-19-14-10-9-13-18(19)22(26)24(5)20(15(2)3)21(25)23-17/h7-10,13-17,20H,6,11-12H2,1-5H3,(H,23,25)/b8-7-/t16-,17+,20+/m0/s1. The van der Waals surface area contributed by atoms with Gasteiger partial charge in [-0.2, -0.15) is 0 Å². The van der Waals surface area contributed by atoms with E-state index in [-0.39, 0.29) is 29.9 Å². The van der Waals surface area contributed by atoms with E-state index in [2.05, 4.69) is 24.4 Å². The molecule has 1 N–H and O–H groups in total. The molecule has 0 bridgehead atoms. The van der Waals surface area contributed by atoms with Gasteiger partial charge in [0.25, 0.3) is 5.91 Å². The Morgan fingerprint density at radius 2 is 1.85 bits per heavy atom. The van der Waals surface area contributed by atoms with Crippen molar-refractivity contribution in [3.63, 3.8) is 0 Å². The van der Waals surface area contributed by atoms with Crippen LogP contribution >= 0.6 is 0 Å². The molecule has 0 spiro atoms. The normalized spacial score (nSPS) is 26.0. The van der Waals surface area contributed by atoms with Crippen LogP contribution in [0.5, 0.6) is 5.75 Å². The van der Waals surface area contributed by atoms with E-state index in [1.807, 2.05) is 39.0 Å². The summed E-state index contributed by atoms with van der Waals surface area (Å²) in [5.74, 6) is 0.241. The van der Waals surface area contributed by atoms with Crippen molar-refractivity contribution in [1.29, 1.82) is 0 Å². The molecule has 0 aliphatic carbocycles. The van der Waals surface area contributed by atoms with Gasteiger partial charge in [-0.3, -0.25) is 9.59 Å².